The molecule has 164 valence electrons. The summed E-state index contributed by atoms with van der Waals surface area (Å²) in [7, 11) is 3.29. The third-order valence-electron chi connectivity index (χ3n) is 6.77. The van der Waals surface area contributed by atoms with Crippen molar-refractivity contribution in [3.8, 4) is 11.5 Å². The van der Waals surface area contributed by atoms with E-state index in [1.807, 2.05) is 17.0 Å². The molecule has 0 spiro atoms. The number of aromatic nitrogens is 2. The number of carbonyl (C=O) groups excluding carboxylic acids is 1. The number of nitrogens with zero attached hydrogens (tertiary/aromatic N) is 4. The summed E-state index contributed by atoms with van der Waals surface area (Å²) >= 11 is 0. The van der Waals surface area contributed by atoms with Crippen LogP contribution >= 0.6 is 0 Å². The maximum absolute atomic E-state index is 13.7. The number of benzene rings is 1. The summed E-state index contributed by atoms with van der Waals surface area (Å²) in [5, 5.41) is 0. The van der Waals surface area contributed by atoms with Crippen molar-refractivity contribution in [2.24, 2.45) is 0 Å². The number of hydrogen-bond donors (Lipinski definition) is 0. The molecule has 2 aromatic rings. The lowest BCUT2D eigenvalue weighted by molar-refractivity contribution is 0.0726. The van der Waals surface area contributed by atoms with Gasteiger partial charge < -0.3 is 19.3 Å². The summed E-state index contributed by atoms with van der Waals surface area (Å²) in [6.45, 7) is 3.20. The van der Waals surface area contributed by atoms with E-state index in [1.165, 1.54) is 5.56 Å². The van der Waals surface area contributed by atoms with E-state index < -0.39 is 0 Å². The second kappa shape index (κ2) is 8.36. The average Bonchev–Trinajstić information content (AvgIpc) is 3.36. The molecule has 7 heteroatoms. The predicted octanol–water partition coefficient (Wildman–Crippen LogP) is 3.17. The lowest BCUT2D eigenvalue weighted by Crippen LogP contribution is -2.38. The van der Waals surface area contributed by atoms with E-state index in [0.717, 1.165) is 86.6 Å². The first-order chi connectivity index (χ1) is 15.2. The van der Waals surface area contributed by atoms with E-state index in [1.54, 1.807) is 14.2 Å². The zero-order valence-corrected chi connectivity index (χ0v) is 18.4. The van der Waals surface area contributed by atoms with Gasteiger partial charge in [0.25, 0.3) is 5.91 Å². The minimum Gasteiger partial charge on any atom is -0.493 e. The van der Waals surface area contributed by atoms with E-state index in [0.29, 0.717) is 24.5 Å². The highest BCUT2D eigenvalue weighted by molar-refractivity contribution is 5.94. The normalized spacial score (nSPS) is 17.9. The molecule has 1 fully saturated rings. The van der Waals surface area contributed by atoms with Crippen molar-refractivity contribution < 1.29 is 14.3 Å². The fraction of sp³-hybridized carbons (Fsp3) is 0.542. The van der Waals surface area contributed by atoms with Crippen LogP contribution in [0.2, 0.25) is 0 Å². The molecular formula is C24H30N4O3. The van der Waals surface area contributed by atoms with Gasteiger partial charge in [-0.1, -0.05) is 0 Å². The Bertz CT molecular complexity index is 1000. The summed E-state index contributed by atoms with van der Waals surface area (Å²) in [6.07, 6.45) is 7.20. The van der Waals surface area contributed by atoms with Gasteiger partial charge in [0, 0.05) is 37.4 Å². The second-order valence-corrected chi connectivity index (χ2v) is 8.65. The van der Waals surface area contributed by atoms with Gasteiger partial charge in [-0.05, 0) is 68.2 Å². The van der Waals surface area contributed by atoms with Crippen LogP contribution in [0.4, 0.5) is 5.95 Å². The summed E-state index contributed by atoms with van der Waals surface area (Å²) in [5.74, 6) is 2.21. The third-order valence-corrected chi connectivity index (χ3v) is 6.77. The van der Waals surface area contributed by atoms with Gasteiger partial charge in [-0.3, -0.25) is 4.79 Å². The fourth-order valence-corrected chi connectivity index (χ4v) is 5.02. The Morgan fingerprint density at radius 2 is 1.58 bits per heavy atom. The van der Waals surface area contributed by atoms with E-state index in [-0.39, 0.29) is 5.91 Å². The van der Waals surface area contributed by atoms with E-state index in [2.05, 4.69) is 4.90 Å². The van der Waals surface area contributed by atoms with Crippen LogP contribution in [-0.2, 0) is 25.8 Å². The predicted molar refractivity (Wildman–Crippen MR) is 118 cm³/mol. The second-order valence-electron chi connectivity index (χ2n) is 8.65. The maximum atomic E-state index is 13.7. The van der Waals surface area contributed by atoms with Gasteiger partial charge in [-0.15, -0.1) is 0 Å². The number of aryl methyl sites for hydroxylation is 1. The van der Waals surface area contributed by atoms with Gasteiger partial charge in [0.1, 0.15) is 5.69 Å². The Hall–Kier alpha value is -2.83. The number of methoxy groups -OCH3 is 2. The molecular weight excluding hydrogens is 392 g/mol. The minimum absolute atomic E-state index is 0.0291. The number of amides is 1. The molecule has 0 N–H and O–H groups in total. The molecule has 2 aliphatic heterocycles. The van der Waals surface area contributed by atoms with Crippen molar-refractivity contribution in [1.82, 2.24) is 14.9 Å². The van der Waals surface area contributed by atoms with Crippen LogP contribution < -0.4 is 14.4 Å². The zero-order chi connectivity index (χ0) is 21.4. The molecule has 0 saturated carbocycles. The number of carbonyl (C=O) groups is 1. The number of hydrogen-bond acceptors (Lipinski definition) is 6. The number of anilines is 1. The molecule has 0 unspecified atom stereocenters. The van der Waals surface area contributed by atoms with Crippen molar-refractivity contribution in [3.05, 3.63) is 40.2 Å². The van der Waals surface area contributed by atoms with Gasteiger partial charge in [0.15, 0.2) is 11.5 Å². The molecule has 0 atom stereocenters. The molecule has 7 nitrogen and oxygen atoms in total. The summed E-state index contributed by atoms with van der Waals surface area (Å²) < 4.78 is 10.9. The Morgan fingerprint density at radius 1 is 0.871 bits per heavy atom. The Labute approximate surface area is 183 Å². The monoisotopic (exact) mass is 422 g/mol. The molecule has 1 saturated heterocycles. The fourth-order valence-electron chi connectivity index (χ4n) is 5.02. The SMILES string of the molecule is COc1cc2c(cc1OC)CN(C(=O)c1nc(N3CCCC3)nc3c1CCCC3)CC2. The highest BCUT2D eigenvalue weighted by Crippen LogP contribution is 2.34. The highest BCUT2D eigenvalue weighted by Gasteiger charge is 2.30. The first-order valence-corrected chi connectivity index (χ1v) is 11.4. The van der Waals surface area contributed by atoms with Gasteiger partial charge in [-0.25, -0.2) is 9.97 Å². The van der Waals surface area contributed by atoms with Crippen LogP contribution in [0.25, 0.3) is 0 Å². The van der Waals surface area contributed by atoms with Gasteiger partial charge in [0.05, 0.1) is 14.2 Å². The van der Waals surface area contributed by atoms with Crippen LogP contribution in [0.3, 0.4) is 0 Å². The van der Waals surface area contributed by atoms with E-state index >= 15 is 0 Å². The topological polar surface area (TPSA) is 67.8 Å². The van der Waals surface area contributed by atoms with Crippen LogP contribution in [0.1, 0.15) is 58.6 Å². The lowest BCUT2D eigenvalue weighted by atomic mass is 9.93. The minimum atomic E-state index is 0.0291. The molecule has 3 heterocycles. The van der Waals surface area contributed by atoms with Crippen LogP contribution in [-0.4, -0.2) is 54.6 Å². The average molecular weight is 423 g/mol. The molecule has 0 bridgehead atoms. The molecule has 31 heavy (non-hydrogen) atoms. The first-order valence-electron chi connectivity index (χ1n) is 11.4. The van der Waals surface area contributed by atoms with Gasteiger partial charge in [-0.2, -0.15) is 0 Å². The smallest absolute Gasteiger partial charge is 0.273 e. The maximum Gasteiger partial charge on any atom is 0.273 e. The van der Waals surface area contributed by atoms with Crippen molar-refractivity contribution in [1.29, 1.82) is 0 Å². The molecule has 5 rings (SSSR count). The molecule has 1 aromatic heterocycles. The number of fused-ring (bicyclic) bond motifs is 2. The quantitative estimate of drug-likeness (QED) is 0.754. The lowest BCUT2D eigenvalue weighted by Gasteiger charge is -2.31. The van der Waals surface area contributed by atoms with Gasteiger partial charge in [0.2, 0.25) is 5.95 Å². The van der Waals surface area contributed by atoms with Crippen LogP contribution in [0, 0.1) is 0 Å². The Balaban J connectivity index is 1.47. The van der Waals surface area contributed by atoms with Crippen molar-refractivity contribution in [2.75, 3.05) is 38.8 Å². The summed E-state index contributed by atoms with van der Waals surface area (Å²) in [4.78, 5) is 27.6. The zero-order valence-electron chi connectivity index (χ0n) is 18.4. The molecule has 0 radical (unpaired) electrons. The summed E-state index contributed by atoms with van der Waals surface area (Å²) in [6, 6.07) is 4.03. The first kappa shape index (κ1) is 20.1. The van der Waals surface area contributed by atoms with Crippen LogP contribution in [0.15, 0.2) is 12.1 Å². The molecule has 3 aliphatic rings. The Kier molecular flexibility index (Phi) is 5.42. The number of rotatable bonds is 4. The van der Waals surface area contributed by atoms with E-state index in [9.17, 15) is 4.79 Å². The highest BCUT2D eigenvalue weighted by atomic mass is 16.5. The van der Waals surface area contributed by atoms with E-state index in [4.69, 9.17) is 19.4 Å². The van der Waals surface area contributed by atoms with Crippen molar-refractivity contribution in [3.63, 3.8) is 0 Å². The largest absolute Gasteiger partial charge is 0.493 e. The number of ether oxygens (including phenoxy) is 2. The van der Waals surface area contributed by atoms with Crippen molar-refractivity contribution in [2.45, 2.75) is 51.5 Å². The summed E-state index contributed by atoms with van der Waals surface area (Å²) in [5.41, 5.74) is 5.09. The molecule has 1 aliphatic carbocycles. The Morgan fingerprint density at radius 3 is 2.32 bits per heavy atom. The third kappa shape index (κ3) is 3.70. The van der Waals surface area contributed by atoms with Crippen LogP contribution in [0.5, 0.6) is 11.5 Å². The van der Waals surface area contributed by atoms with Crippen molar-refractivity contribution >= 4 is 11.9 Å². The standard InChI is InChI=1S/C24H30N4O3/c1-30-20-13-16-9-12-28(15-17(16)14-21(20)31-2)23(29)22-18-7-3-4-8-19(18)25-24(26-22)27-10-5-6-11-27/h13-14H,3-12,15H2,1-2H3. The molecule has 1 aromatic carbocycles. The van der Waals surface area contributed by atoms with Gasteiger partial charge >= 0.3 is 0 Å². The molecule has 1 amide bonds.